The number of tetrazole rings is 1. The lowest BCUT2D eigenvalue weighted by atomic mass is 10.00. The van der Waals surface area contributed by atoms with Crippen molar-refractivity contribution in [1.82, 2.24) is 30.1 Å². The van der Waals surface area contributed by atoms with Crippen LogP contribution in [0.25, 0.3) is 10.9 Å². The molecule has 9 nitrogen and oxygen atoms in total. The number of nitrogens with one attached hydrogen (secondary N) is 1. The molecule has 1 aliphatic heterocycles. The van der Waals surface area contributed by atoms with Gasteiger partial charge in [-0.15, -0.1) is 5.10 Å². The van der Waals surface area contributed by atoms with Crippen molar-refractivity contribution < 1.29 is 9.47 Å². The number of ether oxygens (including phenoxy) is 2. The summed E-state index contributed by atoms with van der Waals surface area (Å²) < 4.78 is 13.3. The molecular formula is C28H33ClN6O3. The van der Waals surface area contributed by atoms with E-state index in [2.05, 4.69) is 25.4 Å². The largest absolute Gasteiger partial charge is 0.497 e. The zero-order valence-corrected chi connectivity index (χ0v) is 22.9. The zero-order valence-electron chi connectivity index (χ0n) is 22.1. The second kappa shape index (κ2) is 10.8. The predicted molar refractivity (Wildman–Crippen MR) is 147 cm³/mol. The van der Waals surface area contributed by atoms with Gasteiger partial charge in [-0.2, -0.15) is 0 Å². The molecule has 1 saturated heterocycles. The minimum atomic E-state index is -0.538. The van der Waals surface area contributed by atoms with Gasteiger partial charge in [-0.1, -0.05) is 23.7 Å². The van der Waals surface area contributed by atoms with Crippen LogP contribution in [0.2, 0.25) is 5.02 Å². The number of H-pyrrole nitrogens is 1. The molecule has 0 unspecified atom stereocenters. The van der Waals surface area contributed by atoms with E-state index in [0.29, 0.717) is 35.2 Å². The molecule has 3 heterocycles. The van der Waals surface area contributed by atoms with Crippen molar-refractivity contribution >= 4 is 22.5 Å². The number of nitrogens with zero attached hydrogens (tertiary/aromatic N) is 5. The van der Waals surface area contributed by atoms with Crippen LogP contribution in [-0.4, -0.2) is 56.5 Å². The predicted octanol–water partition coefficient (Wildman–Crippen LogP) is 4.70. The van der Waals surface area contributed by atoms with Gasteiger partial charge in [0.15, 0.2) is 5.82 Å². The third-order valence-electron chi connectivity index (χ3n) is 6.87. The Hall–Kier alpha value is -3.27. The average Bonchev–Trinajstić information content (AvgIpc) is 3.58. The number of halogens is 1. The molecule has 0 amide bonds. The molecule has 1 aliphatic rings. The van der Waals surface area contributed by atoms with Gasteiger partial charge in [0.05, 0.1) is 18.8 Å². The van der Waals surface area contributed by atoms with Crippen LogP contribution in [0.1, 0.15) is 56.6 Å². The summed E-state index contributed by atoms with van der Waals surface area (Å²) >= 11 is 6.18. The molecule has 0 spiro atoms. The normalized spacial score (nSPS) is 16.8. The molecule has 1 N–H and O–H groups in total. The molecule has 0 saturated carbocycles. The molecule has 1 fully saturated rings. The molecule has 2 aromatic heterocycles. The lowest BCUT2D eigenvalue weighted by Crippen LogP contribution is -2.40. The number of fused-ring (bicyclic) bond motifs is 1. The first kappa shape index (κ1) is 26.3. The maximum absolute atomic E-state index is 13.7. The number of methoxy groups -OCH3 is 1. The van der Waals surface area contributed by atoms with Crippen molar-refractivity contribution in [3.8, 4) is 5.75 Å². The maximum Gasteiger partial charge on any atom is 0.253 e. The van der Waals surface area contributed by atoms with E-state index in [1.807, 2.05) is 69.3 Å². The van der Waals surface area contributed by atoms with Gasteiger partial charge in [0.1, 0.15) is 11.8 Å². The van der Waals surface area contributed by atoms with Crippen LogP contribution in [-0.2, 0) is 16.8 Å². The minimum Gasteiger partial charge on any atom is -0.497 e. The van der Waals surface area contributed by atoms with Crippen LogP contribution >= 0.6 is 11.6 Å². The molecule has 38 heavy (non-hydrogen) atoms. The molecule has 2 atom stereocenters. The Balaban J connectivity index is 1.69. The molecule has 0 bridgehead atoms. The Labute approximate surface area is 226 Å². The van der Waals surface area contributed by atoms with E-state index < -0.39 is 11.6 Å². The van der Waals surface area contributed by atoms with Gasteiger partial charge in [0.25, 0.3) is 5.56 Å². The van der Waals surface area contributed by atoms with Crippen LogP contribution in [0.4, 0.5) is 0 Å². The maximum atomic E-state index is 13.7. The number of rotatable bonds is 8. The first-order chi connectivity index (χ1) is 18.2. The Morgan fingerprint density at radius 2 is 2.00 bits per heavy atom. The third kappa shape index (κ3) is 5.60. The van der Waals surface area contributed by atoms with E-state index >= 15 is 0 Å². The summed E-state index contributed by atoms with van der Waals surface area (Å²) in [6.45, 7) is 8.03. The smallest absolute Gasteiger partial charge is 0.253 e. The monoisotopic (exact) mass is 536 g/mol. The van der Waals surface area contributed by atoms with E-state index in [1.54, 1.807) is 11.8 Å². The molecule has 4 aromatic rings. The number of hydrogen-bond donors (Lipinski definition) is 1. The first-order valence-corrected chi connectivity index (χ1v) is 13.2. The molecule has 0 radical (unpaired) electrons. The number of benzene rings is 2. The Bertz CT molecular complexity index is 1450. The van der Waals surface area contributed by atoms with E-state index in [4.69, 9.17) is 21.1 Å². The van der Waals surface area contributed by atoms with Crippen molar-refractivity contribution in [2.45, 2.75) is 57.8 Å². The Morgan fingerprint density at radius 1 is 1.21 bits per heavy atom. The van der Waals surface area contributed by atoms with E-state index in [1.165, 1.54) is 0 Å². The molecule has 2 aromatic carbocycles. The van der Waals surface area contributed by atoms with Gasteiger partial charge < -0.3 is 14.5 Å². The second-order valence-corrected chi connectivity index (χ2v) is 11.2. The third-order valence-corrected chi connectivity index (χ3v) is 7.13. The quantitative estimate of drug-likeness (QED) is 0.348. The Morgan fingerprint density at radius 3 is 2.68 bits per heavy atom. The van der Waals surface area contributed by atoms with Crippen LogP contribution in [0.15, 0.2) is 53.3 Å². The van der Waals surface area contributed by atoms with E-state index in [9.17, 15) is 4.79 Å². The van der Waals surface area contributed by atoms with Gasteiger partial charge >= 0.3 is 0 Å². The van der Waals surface area contributed by atoms with E-state index in [0.717, 1.165) is 35.9 Å². The topological polar surface area (TPSA) is 98.2 Å². The minimum absolute atomic E-state index is 0.0448. The number of aromatic nitrogens is 5. The fourth-order valence-corrected chi connectivity index (χ4v) is 5.13. The standard InChI is InChI=1S/C28H33ClN6O3/c1-28(2,3)35-26(31-32-33-35)25(23-15-19-14-21(37-4)11-12-24(19)30-27(23)36)34(17-22-6-5-13-38-22)16-18-7-9-20(29)10-8-18/h7-12,14-15,22,25H,5-6,13,16-17H2,1-4H3,(H,30,36)/t22-,25-/m1/s1. The van der Waals surface area contributed by atoms with Gasteiger partial charge in [0.2, 0.25) is 0 Å². The molecule has 10 heteroatoms. The second-order valence-electron chi connectivity index (χ2n) is 10.7. The summed E-state index contributed by atoms with van der Waals surface area (Å²) in [4.78, 5) is 19.0. The molecular weight excluding hydrogens is 504 g/mol. The van der Waals surface area contributed by atoms with Crippen molar-refractivity contribution in [2.75, 3.05) is 20.3 Å². The van der Waals surface area contributed by atoms with Crippen molar-refractivity contribution in [1.29, 1.82) is 0 Å². The summed E-state index contributed by atoms with van der Waals surface area (Å²) in [5.74, 6) is 1.31. The summed E-state index contributed by atoms with van der Waals surface area (Å²) in [5.41, 5.74) is 1.76. The van der Waals surface area contributed by atoms with Crippen LogP contribution in [0, 0.1) is 0 Å². The average molecular weight is 537 g/mol. The summed E-state index contributed by atoms with van der Waals surface area (Å²) in [7, 11) is 1.63. The van der Waals surface area contributed by atoms with Crippen LogP contribution < -0.4 is 10.3 Å². The number of hydrogen-bond acceptors (Lipinski definition) is 7. The number of aromatic amines is 1. The summed E-state index contributed by atoms with van der Waals surface area (Å²) in [5, 5.41) is 14.4. The Kier molecular flexibility index (Phi) is 7.52. The fourth-order valence-electron chi connectivity index (χ4n) is 5.01. The summed E-state index contributed by atoms with van der Waals surface area (Å²) in [6.07, 6.45) is 2.02. The van der Waals surface area contributed by atoms with Crippen molar-refractivity contribution in [2.24, 2.45) is 0 Å². The van der Waals surface area contributed by atoms with Gasteiger partial charge in [-0.05, 0) is 86.0 Å². The lowest BCUT2D eigenvalue weighted by molar-refractivity contribution is 0.0564. The highest BCUT2D eigenvalue weighted by Gasteiger charge is 2.35. The SMILES string of the molecule is COc1ccc2[nH]c(=O)c([C@H](c3nnnn3C(C)(C)C)N(Cc3ccc(Cl)cc3)C[C@H]3CCCO3)cc2c1. The van der Waals surface area contributed by atoms with Crippen LogP contribution in [0.3, 0.4) is 0 Å². The molecule has 0 aliphatic carbocycles. The first-order valence-electron chi connectivity index (χ1n) is 12.8. The highest BCUT2D eigenvalue weighted by Crippen LogP contribution is 2.32. The number of pyridine rings is 1. The van der Waals surface area contributed by atoms with Gasteiger partial charge in [0, 0.05) is 41.2 Å². The van der Waals surface area contributed by atoms with Crippen molar-refractivity contribution in [3.63, 3.8) is 0 Å². The molecule has 200 valence electrons. The zero-order chi connectivity index (χ0) is 26.9. The molecule has 5 rings (SSSR count). The van der Waals surface area contributed by atoms with Gasteiger partial charge in [-0.25, -0.2) is 4.68 Å². The van der Waals surface area contributed by atoms with Crippen molar-refractivity contribution in [3.05, 3.63) is 80.9 Å². The van der Waals surface area contributed by atoms with Crippen LogP contribution in [0.5, 0.6) is 5.75 Å². The highest BCUT2D eigenvalue weighted by molar-refractivity contribution is 6.30. The summed E-state index contributed by atoms with van der Waals surface area (Å²) in [6, 6.07) is 14.8. The fraction of sp³-hybridized carbons (Fsp3) is 0.429. The highest BCUT2D eigenvalue weighted by atomic mass is 35.5. The van der Waals surface area contributed by atoms with Gasteiger partial charge in [-0.3, -0.25) is 9.69 Å². The lowest BCUT2D eigenvalue weighted by Gasteiger charge is -2.34. The van der Waals surface area contributed by atoms with E-state index in [-0.39, 0.29) is 11.7 Å².